The first-order chi connectivity index (χ1) is 8.66. The Morgan fingerprint density at radius 1 is 1.39 bits per heavy atom. The first-order valence-corrected chi connectivity index (χ1v) is 6.82. The van der Waals surface area contributed by atoms with Crippen molar-refractivity contribution in [1.29, 1.82) is 0 Å². The smallest absolute Gasteiger partial charge is 0.251 e. The zero-order valence-electron chi connectivity index (χ0n) is 10.6. The zero-order chi connectivity index (χ0) is 13.0. The zero-order valence-corrected chi connectivity index (χ0v) is 11.4. The van der Waals surface area contributed by atoms with E-state index in [1.807, 2.05) is 13.0 Å². The van der Waals surface area contributed by atoms with E-state index in [1.165, 1.54) is 0 Å². The Morgan fingerprint density at radius 2 is 2.22 bits per heavy atom. The highest BCUT2D eigenvalue weighted by atomic mass is 35.5. The lowest BCUT2D eigenvalue weighted by molar-refractivity contribution is 0.0933. The van der Waals surface area contributed by atoms with E-state index < -0.39 is 0 Å². The SMILES string of the molecule is Cc1cc(Cl)ccc1C(=O)NC1CCCNCC1. The lowest BCUT2D eigenvalue weighted by Crippen LogP contribution is -2.35. The molecule has 1 aromatic carbocycles. The van der Waals surface area contributed by atoms with Gasteiger partial charge in [0.2, 0.25) is 0 Å². The Hall–Kier alpha value is -1.06. The number of halogens is 1. The number of hydrogen-bond acceptors (Lipinski definition) is 2. The molecular weight excluding hydrogens is 248 g/mol. The van der Waals surface area contributed by atoms with Gasteiger partial charge in [-0.15, -0.1) is 0 Å². The van der Waals surface area contributed by atoms with Crippen LogP contribution in [0.1, 0.15) is 35.2 Å². The van der Waals surface area contributed by atoms with E-state index in [-0.39, 0.29) is 11.9 Å². The first-order valence-electron chi connectivity index (χ1n) is 6.44. The van der Waals surface area contributed by atoms with Gasteiger partial charge in [-0.3, -0.25) is 4.79 Å². The van der Waals surface area contributed by atoms with Gasteiger partial charge in [-0.25, -0.2) is 0 Å². The Kier molecular flexibility index (Phi) is 4.61. The summed E-state index contributed by atoms with van der Waals surface area (Å²) in [7, 11) is 0. The van der Waals surface area contributed by atoms with Gasteiger partial charge in [0, 0.05) is 16.6 Å². The third-order valence-corrected chi connectivity index (χ3v) is 3.58. The largest absolute Gasteiger partial charge is 0.349 e. The van der Waals surface area contributed by atoms with Crippen molar-refractivity contribution in [2.45, 2.75) is 32.2 Å². The van der Waals surface area contributed by atoms with Crippen LogP contribution in [0.5, 0.6) is 0 Å². The van der Waals surface area contributed by atoms with E-state index in [0.29, 0.717) is 5.02 Å². The van der Waals surface area contributed by atoms with Gasteiger partial charge in [0.1, 0.15) is 0 Å². The Bertz CT molecular complexity index is 426. The number of carbonyl (C=O) groups is 1. The minimum absolute atomic E-state index is 0.0102. The predicted octanol–water partition coefficient (Wildman–Crippen LogP) is 2.52. The molecule has 1 unspecified atom stereocenters. The highest BCUT2D eigenvalue weighted by molar-refractivity contribution is 6.30. The van der Waals surface area contributed by atoms with Crippen molar-refractivity contribution in [1.82, 2.24) is 10.6 Å². The van der Waals surface area contributed by atoms with Crippen molar-refractivity contribution >= 4 is 17.5 Å². The van der Waals surface area contributed by atoms with Crippen LogP contribution < -0.4 is 10.6 Å². The molecule has 0 aromatic heterocycles. The molecule has 18 heavy (non-hydrogen) atoms. The second kappa shape index (κ2) is 6.21. The van der Waals surface area contributed by atoms with Crippen LogP contribution in [0.2, 0.25) is 5.02 Å². The summed E-state index contributed by atoms with van der Waals surface area (Å²) >= 11 is 5.90. The van der Waals surface area contributed by atoms with Gasteiger partial charge >= 0.3 is 0 Å². The quantitative estimate of drug-likeness (QED) is 0.864. The van der Waals surface area contributed by atoms with Gasteiger partial charge in [0.25, 0.3) is 5.91 Å². The molecule has 1 atom stereocenters. The molecular formula is C14H19ClN2O. The minimum atomic E-state index is 0.0102. The standard InChI is InChI=1S/C14H19ClN2O/c1-10-9-11(15)4-5-13(10)14(18)17-12-3-2-7-16-8-6-12/h4-5,9,12,16H,2-3,6-8H2,1H3,(H,17,18). The molecule has 1 saturated heterocycles. The molecule has 1 aromatic rings. The fourth-order valence-corrected chi connectivity index (χ4v) is 2.54. The summed E-state index contributed by atoms with van der Waals surface area (Å²) in [6.07, 6.45) is 3.16. The third kappa shape index (κ3) is 3.47. The monoisotopic (exact) mass is 266 g/mol. The minimum Gasteiger partial charge on any atom is -0.349 e. The molecule has 0 bridgehead atoms. The number of nitrogens with one attached hydrogen (secondary N) is 2. The van der Waals surface area contributed by atoms with Crippen LogP contribution in [0.3, 0.4) is 0 Å². The van der Waals surface area contributed by atoms with Crippen LogP contribution in [-0.4, -0.2) is 25.0 Å². The summed E-state index contributed by atoms with van der Waals surface area (Å²) in [5.41, 5.74) is 1.64. The van der Waals surface area contributed by atoms with Crippen LogP contribution in [0, 0.1) is 6.92 Å². The Morgan fingerprint density at radius 3 is 3.00 bits per heavy atom. The van der Waals surface area contributed by atoms with Crippen molar-refractivity contribution in [3.63, 3.8) is 0 Å². The normalized spacial score (nSPS) is 20.2. The maximum absolute atomic E-state index is 12.2. The number of hydrogen-bond donors (Lipinski definition) is 2. The molecule has 1 aliphatic heterocycles. The molecule has 1 amide bonds. The van der Waals surface area contributed by atoms with E-state index in [1.54, 1.807) is 12.1 Å². The number of benzene rings is 1. The Labute approximate surface area is 113 Å². The van der Waals surface area contributed by atoms with E-state index in [0.717, 1.165) is 43.5 Å². The third-order valence-electron chi connectivity index (χ3n) is 3.34. The summed E-state index contributed by atoms with van der Waals surface area (Å²) < 4.78 is 0. The molecule has 0 aliphatic carbocycles. The van der Waals surface area contributed by atoms with Crippen LogP contribution in [0.15, 0.2) is 18.2 Å². The van der Waals surface area contributed by atoms with Crippen molar-refractivity contribution in [2.24, 2.45) is 0 Å². The second-order valence-electron chi connectivity index (χ2n) is 4.81. The summed E-state index contributed by atoms with van der Waals surface area (Å²) in [4.78, 5) is 12.2. The van der Waals surface area contributed by atoms with Crippen molar-refractivity contribution in [3.8, 4) is 0 Å². The summed E-state index contributed by atoms with van der Waals surface area (Å²) in [5, 5.41) is 7.12. The highest BCUT2D eigenvalue weighted by Crippen LogP contribution is 2.16. The average Bonchev–Trinajstić information content (AvgIpc) is 2.57. The van der Waals surface area contributed by atoms with Gasteiger partial charge in [0.15, 0.2) is 0 Å². The molecule has 1 heterocycles. The van der Waals surface area contributed by atoms with Gasteiger partial charge in [-0.05, 0) is 63.0 Å². The fourth-order valence-electron chi connectivity index (χ4n) is 2.31. The molecule has 1 aliphatic rings. The fraction of sp³-hybridized carbons (Fsp3) is 0.500. The molecule has 0 spiro atoms. The number of carbonyl (C=O) groups excluding carboxylic acids is 1. The molecule has 4 heteroatoms. The van der Waals surface area contributed by atoms with Crippen molar-refractivity contribution in [2.75, 3.05) is 13.1 Å². The van der Waals surface area contributed by atoms with Gasteiger partial charge in [-0.1, -0.05) is 11.6 Å². The Balaban J connectivity index is 2.02. The molecule has 2 N–H and O–H groups in total. The summed E-state index contributed by atoms with van der Waals surface area (Å²) in [5.74, 6) is 0.0102. The van der Waals surface area contributed by atoms with Crippen molar-refractivity contribution in [3.05, 3.63) is 34.3 Å². The second-order valence-corrected chi connectivity index (χ2v) is 5.25. The van der Waals surface area contributed by atoms with Gasteiger partial charge < -0.3 is 10.6 Å². The highest BCUT2D eigenvalue weighted by Gasteiger charge is 2.16. The molecule has 2 rings (SSSR count). The summed E-state index contributed by atoms with van der Waals surface area (Å²) in [6, 6.07) is 5.66. The maximum atomic E-state index is 12.2. The number of rotatable bonds is 2. The molecule has 0 saturated carbocycles. The van der Waals surface area contributed by atoms with Crippen LogP contribution in [0.25, 0.3) is 0 Å². The predicted molar refractivity (Wildman–Crippen MR) is 74.2 cm³/mol. The van der Waals surface area contributed by atoms with E-state index in [9.17, 15) is 4.79 Å². The number of aryl methyl sites for hydroxylation is 1. The van der Waals surface area contributed by atoms with E-state index >= 15 is 0 Å². The maximum Gasteiger partial charge on any atom is 0.251 e. The average molecular weight is 267 g/mol. The van der Waals surface area contributed by atoms with Crippen LogP contribution >= 0.6 is 11.6 Å². The molecule has 3 nitrogen and oxygen atoms in total. The van der Waals surface area contributed by atoms with Crippen LogP contribution in [-0.2, 0) is 0 Å². The van der Waals surface area contributed by atoms with E-state index in [2.05, 4.69) is 10.6 Å². The topological polar surface area (TPSA) is 41.1 Å². The van der Waals surface area contributed by atoms with E-state index in [4.69, 9.17) is 11.6 Å². The lowest BCUT2D eigenvalue weighted by atomic mass is 10.1. The molecule has 98 valence electrons. The van der Waals surface area contributed by atoms with Gasteiger partial charge in [0.05, 0.1) is 0 Å². The first kappa shape index (κ1) is 13.4. The van der Waals surface area contributed by atoms with Crippen LogP contribution in [0.4, 0.5) is 0 Å². The van der Waals surface area contributed by atoms with Crippen molar-refractivity contribution < 1.29 is 4.79 Å². The summed E-state index contributed by atoms with van der Waals surface area (Å²) in [6.45, 7) is 3.94. The molecule has 0 radical (unpaired) electrons. The lowest BCUT2D eigenvalue weighted by Gasteiger charge is -2.16. The number of amides is 1. The van der Waals surface area contributed by atoms with Gasteiger partial charge in [-0.2, -0.15) is 0 Å². The molecule has 1 fully saturated rings.